The van der Waals surface area contributed by atoms with Crippen molar-refractivity contribution in [3.05, 3.63) is 39.2 Å². The number of carbonyl (C=O) groups excluding carboxylic acids is 1. The summed E-state index contributed by atoms with van der Waals surface area (Å²) in [5.74, 6) is -0.167. The van der Waals surface area contributed by atoms with Crippen molar-refractivity contribution in [2.24, 2.45) is 5.92 Å². The van der Waals surface area contributed by atoms with E-state index in [4.69, 9.17) is 33.7 Å². The first-order chi connectivity index (χ1) is 9.90. The topological polar surface area (TPSA) is 52.3 Å². The summed E-state index contributed by atoms with van der Waals surface area (Å²) in [5.41, 5.74) is 7.67. The fourth-order valence-corrected chi connectivity index (χ4v) is 3.12. The minimum atomic E-state index is -0.427. The zero-order chi connectivity index (χ0) is 15.6. The van der Waals surface area contributed by atoms with Crippen molar-refractivity contribution in [1.82, 2.24) is 0 Å². The molecule has 0 saturated carbocycles. The standard InChI is InChI=1S/C15H15Cl2NO2S/c1-8(2)6-20-15(19)13-11(7-21-14(13)18)10-4-3-9(16)5-12(10)17/h3-5,7-8H,6,18H2,1-2H3. The number of nitrogens with two attached hydrogens (primary N) is 1. The molecular formula is C15H15Cl2NO2S. The summed E-state index contributed by atoms with van der Waals surface area (Å²) in [6.45, 7) is 4.30. The van der Waals surface area contributed by atoms with Gasteiger partial charge in [-0.25, -0.2) is 4.79 Å². The minimum Gasteiger partial charge on any atom is -0.462 e. The normalized spacial score (nSPS) is 10.9. The number of hydrogen-bond donors (Lipinski definition) is 1. The molecule has 0 bridgehead atoms. The molecule has 112 valence electrons. The smallest absolute Gasteiger partial charge is 0.341 e. The van der Waals surface area contributed by atoms with Crippen LogP contribution in [0.2, 0.25) is 10.0 Å². The molecule has 1 aromatic carbocycles. The number of esters is 1. The van der Waals surface area contributed by atoms with E-state index in [0.29, 0.717) is 38.3 Å². The van der Waals surface area contributed by atoms with Crippen molar-refractivity contribution in [3.63, 3.8) is 0 Å². The van der Waals surface area contributed by atoms with E-state index in [0.717, 1.165) is 0 Å². The number of halogens is 2. The molecule has 2 rings (SSSR count). The molecule has 3 nitrogen and oxygen atoms in total. The fourth-order valence-electron chi connectivity index (χ4n) is 1.80. The lowest BCUT2D eigenvalue weighted by Crippen LogP contribution is -2.11. The molecule has 0 fully saturated rings. The maximum atomic E-state index is 12.2. The first kappa shape index (κ1) is 16.1. The van der Waals surface area contributed by atoms with E-state index < -0.39 is 5.97 Å². The van der Waals surface area contributed by atoms with E-state index in [-0.39, 0.29) is 5.92 Å². The zero-order valence-corrected chi connectivity index (χ0v) is 14.0. The van der Waals surface area contributed by atoms with Gasteiger partial charge in [0.2, 0.25) is 0 Å². The predicted octanol–water partition coefficient (Wildman–Crippen LogP) is 5.12. The van der Waals surface area contributed by atoms with Gasteiger partial charge in [0.15, 0.2) is 0 Å². The number of nitrogen functional groups attached to an aromatic ring is 1. The second kappa shape index (κ2) is 6.69. The van der Waals surface area contributed by atoms with Gasteiger partial charge in [-0.1, -0.05) is 43.1 Å². The van der Waals surface area contributed by atoms with Crippen LogP contribution in [0.4, 0.5) is 5.00 Å². The van der Waals surface area contributed by atoms with Crippen LogP contribution in [0, 0.1) is 5.92 Å². The van der Waals surface area contributed by atoms with Gasteiger partial charge in [-0.05, 0) is 18.1 Å². The van der Waals surface area contributed by atoms with Crippen molar-refractivity contribution in [1.29, 1.82) is 0 Å². The summed E-state index contributed by atoms with van der Waals surface area (Å²) in [6.07, 6.45) is 0. The third kappa shape index (κ3) is 3.70. The average molecular weight is 344 g/mol. The van der Waals surface area contributed by atoms with Crippen LogP contribution in [-0.2, 0) is 4.74 Å². The average Bonchev–Trinajstić information content (AvgIpc) is 2.78. The summed E-state index contributed by atoms with van der Waals surface area (Å²) in [5, 5.41) is 3.23. The Morgan fingerprint density at radius 2 is 2.05 bits per heavy atom. The van der Waals surface area contributed by atoms with E-state index in [1.165, 1.54) is 11.3 Å². The minimum absolute atomic E-state index is 0.261. The lowest BCUT2D eigenvalue weighted by Gasteiger charge is -2.10. The quantitative estimate of drug-likeness (QED) is 0.784. The Hall–Kier alpha value is -1.23. The first-order valence-electron chi connectivity index (χ1n) is 6.39. The summed E-state index contributed by atoms with van der Waals surface area (Å²) in [6, 6.07) is 5.13. The Balaban J connectivity index is 2.40. The number of benzene rings is 1. The maximum absolute atomic E-state index is 12.2. The number of ether oxygens (including phenoxy) is 1. The van der Waals surface area contributed by atoms with Gasteiger partial charge in [-0.2, -0.15) is 0 Å². The van der Waals surface area contributed by atoms with Crippen LogP contribution in [0.15, 0.2) is 23.6 Å². The largest absolute Gasteiger partial charge is 0.462 e. The number of thiophene rings is 1. The van der Waals surface area contributed by atoms with Crippen LogP contribution < -0.4 is 5.73 Å². The van der Waals surface area contributed by atoms with Gasteiger partial charge in [0.1, 0.15) is 10.6 Å². The summed E-state index contributed by atoms with van der Waals surface area (Å²) in [7, 11) is 0. The molecular weight excluding hydrogens is 329 g/mol. The highest BCUT2D eigenvalue weighted by Crippen LogP contribution is 2.38. The number of rotatable bonds is 4. The number of anilines is 1. The Labute approximate surface area is 137 Å². The molecule has 21 heavy (non-hydrogen) atoms. The van der Waals surface area contributed by atoms with Crippen LogP contribution in [0.25, 0.3) is 11.1 Å². The molecule has 2 N–H and O–H groups in total. The molecule has 1 heterocycles. The van der Waals surface area contributed by atoms with Gasteiger partial charge in [0.05, 0.1) is 6.61 Å². The van der Waals surface area contributed by atoms with Crippen LogP contribution in [0.5, 0.6) is 0 Å². The second-order valence-electron chi connectivity index (χ2n) is 5.01. The Morgan fingerprint density at radius 1 is 1.33 bits per heavy atom. The number of hydrogen-bond acceptors (Lipinski definition) is 4. The third-order valence-electron chi connectivity index (χ3n) is 2.79. The summed E-state index contributed by atoms with van der Waals surface area (Å²) < 4.78 is 5.27. The second-order valence-corrected chi connectivity index (χ2v) is 6.76. The Morgan fingerprint density at radius 3 is 2.67 bits per heavy atom. The third-order valence-corrected chi connectivity index (χ3v) is 4.15. The van der Waals surface area contributed by atoms with Crippen LogP contribution >= 0.6 is 34.5 Å². The van der Waals surface area contributed by atoms with E-state index in [2.05, 4.69) is 0 Å². The van der Waals surface area contributed by atoms with Crippen molar-refractivity contribution in [2.45, 2.75) is 13.8 Å². The molecule has 0 atom stereocenters. The van der Waals surface area contributed by atoms with E-state index in [1.54, 1.807) is 23.6 Å². The number of carbonyl (C=O) groups is 1. The van der Waals surface area contributed by atoms with Crippen LogP contribution in [-0.4, -0.2) is 12.6 Å². The highest BCUT2D eigenvalue weighted by molar-refractivity contribution is 7.15. The molecule has 1 aromatic heterocycles. The van der Waals surface area contributed by atoms with E-state index in [1.807, 2.05) is 13.8 Å². The molecule has 0 aliphatic heterocycles. The molecule has 2 aromatic rings. The molecule has 0 saturated heterocycles. The Bertz CT molecular complexity index is 668. The highest BCUT2D eigenvalue weighted by Gasteiger charge is 2.21. The van der Waals surface area contributed by atoms with Gasteiger partial charge >= 0.3 is 5.97 Å². The van der Waals surface area contributed by atoms with Crippen LogP contribution in [0.1, 0.15) is 24.2 Å². The van der Waals surface area contributed by atoms with Crippen molar-refractivity contribution in [3.8, 4) is 11.1 Å². The lowest BCUT2D eigenvalue weighted by atomic mass is 10.0. The van der Waals surface area contributed by atoms with Gasteiger partial charge in [-0.3, -0.25) is 0 Å². The maximum Gasteiger partial charge on any atom is 0.341 e. The zero-order valence-electron chi connectivity index (χ0n) is 11.7. The molecule has 6 heteroatoms. The fraction of sp³-hybridized carbons (Fsp3) is 0.267. The molecule has 0 radical (unpaired) electrons. The van der Waals surface area contributed by atoms with Crippen molar-refractivity contribution < 1.29 is 9.53 Å². The van der Waals surface area contributed by atoms with E-state index >= 15 is 0 Å². The van der Waals surface area contributed by atoms with Crippen molar-refractivity contribution in [2.75, 3.05) is 12.3 Å². The van der Waals surface area contributed by atoms with Crippen molar-refractivity contribution >= 4 is 45.5 Å². The van der Waals surface area contributed by atoms with E-state index in [9.17, 15) is 4.79 Å². The predicted molar refractivity (Wildman–Crippen MR) is 89.3 cm³/mol. The monoisotopic (exact) mass is 343 g/mol. The molecule has 0 amide bonds. The molecule has 0 unspecified atom stereocenters. The Kier molecular flexibility index (Phi) is 5.14. The van der Waals surface area contributed by atoms with Gasteiger partial charge in [-0.15, -0.1) is 11.3 Å². The molecule has 0 aliphatic carbocycles. The van der Waals surface area contributed by atoms with Gasteiger partial charge in [0, 0.05) is 26.6 Å². The van der Waals surface area contributed by atoms with Gasteiger partial charge < -0.3 is 10.5 Å². The highest BCUT2D eigenvalue weighted by atomic mass is 35.5. The summed E-state index contributed by atoms with van der Waals surface area (Å²) in [4.78, 5) is 12.2. The van der Waals surface area contributed by atoms with Crippen LogP contribution in [0.3, 0.4) is 0 Å². The molecule has 0 spiro atoms. The molecule has 0 aliphatic rings. The SMILES string of the molecule is CC(C)COC(=O)c1c(-c2ccc(Cl)cc2Cl)csc1N. The summed E-state index contributed by atoms with van der Waals surface area (Å²) >= 11 is 13.4. The van der Waals surface area contributed by atoms with Gasteiger partial charge in [0.25, 0.3) is 0 Å². The lowest BCUT2D eigenvalue weighted by molar-refractivity contribution is 0.0461. The first-order valence-corrected chi connectivity index (χ1v) is 8.03.